The third-order valence-electron chi connectivity index (χ3n) is 3.76. The summed E-state index contributed by atoms with van der Waals surface area (Å²) in [5, 5.41) is 11.3. The molecule has 1 atom stereocenters. The summed E-state index contributed by atoms with van der Waals surface area (Å²) in [6.07, 6.45) is 1.77. The Morgan fingerprint density at radius 3 is 2.67 bits per heavy atom. The third kappa shape index (κ3) is 2.44. The lowest BCUT2D eigenvalue weighted by molar-refractivity contribution is 0.832. The smallest absolute Gasteiger partial charge is 0.181 e. The van der Waals surface area contributed by atoms with E-state index in [4.69, 9.17) is 0 Å². The molecule has 0 radical (unpaired) electrons. The quantitative estimate of drug-likeness (QED) is 0.561. The predicted molar refractivity (Wildman–Crippen MR) is 92.9 cm³/mol. The van der Waals surface area contributed by atoms with Crippen LogP contribution in [-0.4, -0.2) is 34.8 Å². The van der Waals surface area contributed by atoms with Gasteiger partial charge in [0.05, 0.1) is 11.4 Å². The van der Waals surface area contributed by atoms with Crippen molar-refractivity contribution in [2.45, 2.75) is 19.1 Å². The first-order valence-electron chi connectivity index (χ1n) is 7.48. The minimum atomic E-state index is -0.395. The predicted octanol–water partition coefficient (Wildman–Crippen LogP) is 2.55. The number of nitrogens with zero attached hydrogens (tertiary/aromatic N) is 6. The second kappa shape index (κ2) is 5.72. The first kappa shape index (κ1) is 14.8. The number of hydrogen-bond donors (Lipinski definition) is 2. The van der Waals surface area contributed by atoms with Gasteiger partial charge in [-0.2, -0.15) is 17.7 Å². The Bertz CT molecular complexity index is 967. The molecule has 4 aromatic rings. The molecule has 0 fully saturated rings. The molecule has 0 aliphatic heterocycles. The minimum absolute atomic E-state index is 0.395. The number of benzene rings is 1. The van der Waals surface area contributed by atoms with E-state index in [1.165, 1.54) is 0 Å². The van der Waals surface area contributed by atoms with Crippen molar-refractivity contribution in [3.8, 4) is 11.4 Å². The molecule has 0 aliphatic carbocycles. The normalized spacial score (nSPS) is 12.6. The highest BCUT2D eigenvalue weighted by molar-refractivity contribution is 7.80. The summed E-state index contributed by atoms with van der Waals surface area (Å²) in [5.74, 6) is 1.80. The van der Waals surface area contributed by atoms with E-state index in [1.54, 1.807) is 10.7 Å². The molecule has 0 aliphatic rings. The molecular formula is C16H15N7S. The van der Waals surface area contributed by atoms with Crippen molar-refractivity contribution in [1.29, 1.82) is 0 Å². The number of nitrogens with one attached hydrogen (secondary N) is 1. The fraction of sp³-hybridized carbons (Fsp3) is 0.188. The standard InChI is InChI=1S/C16H15N7S/c1-9-8-17-10(2)16-19-15(22-23(9)16)12(24)14-18-13(20-21-14)11-6-4-3-5-7-11/h3-8,12,24H,1-2H3,(H,18,20,21). The van der Waals surface area contributed by atoms with E-state index >= 15 is 0 Å². The van der Waals surface area contributed by atoms with E-state index in [-0.39, 0.29) is 0 Å². The van der Waals surface area contributed by atoms with Gasteiger partial charge < -0.3 is 0 Å². The van der Waals surface area contributed by atoms with Gasteiger partial charge in [-0.15, -0.1) is 5.10 Å². The number of aryl methyl sites for hydroxylation is 2. The van der Waals surface area contributed by atoms with Gasteiger partial charge >= 0.3 is 0 Å². The van der Waals surface area contributed by atoms with Crippen molar-refractivity contribution in [2.75, 3.05) is 0 Å². The first-order chi connectivity index (χ1) is 11.6. The zero-order chi connectivity index (χ0) is 16.7. The summed E-state index contributed by atoms with van der Waals surface area (Å²) in [5.41, 5.74) is 3.41. The largest absolute Gasteiger partial charge is 0.261 e. The number of aromatic amines is 1. The Balaban J connectivity index is 1.72. The van der Waals surface area contributed by atoms with Crippen LogP contribution in [-0.2, 0) is 0 Å². The van der Waals surface area contributed by atoms with Crippen molar-refractivity contribution in [2.24, 2.45) is 0 Å². The van der Waals surface area contributed by atoms with Crippen LogP contribution in [0.3, 0.4) is 0 Å². The van der Waals surface area contributed by atoms with Gasteiger partial charge in [0.1, 0.15) is 11.1 Å². The topological polar surface area (TPSA) is 84.6 Å². The Kier molecular flexibility index (Phi) is 3.53. The molecule has 1 aromatic carbocycles. The molecule has 0 saturated heterocycles. The van der Waals surface area contributed by atoms with E-state index in [2.05, 4.69) is 42.9 Å². The SMILES string of the molecule is Cc1ncc(C)n2nc(C(S)c3nc(-c4ccccc4)n[nH]3)nc12. The monoisotopic (exact) mass is 337 g/mol. The van der Waals surface area contributed by atoms with Crippen LogP contribution in [0.25, 0.3) is 17.0 Å². The van der Waals surface area contributed by atoms with Gasteiger partial charge in [0, 0.05) is 11.8 Å². The average Bonchev–Trinajstić information content (AvgIpc) is 3.26. The zero-order valence-electron chi connectivity index (χ0n) is 13.2. The van der Waals surface area contributed by atoms with E-state index in [1.807, 2.05) is 44.2 Å². The minimum Gasteiger partial charge on any atom is -0.261 e. The number of rotatable bonds is 3. The summed E-state index contributed by atoms with van der Waals surface area (Å²) >= 11 is 4.62. The van der Waals surface area contributed by atoms with Crippen molar-refractivity contribution in [3.05, 3.63) is 59.6 Å². The van der Waals surface area contributed by atoms with E-state index in [0.29, 0.717) is 17.5 Å². The highest BCUT2D eigenvalue weighted by Gasteiger charge is 2.21. The number of hydrogen-bond acceptors (Lipinski definition) is 6. The van der Waals surface area contributed by atoms with Crippen molar-refractivity contribution >= 4 is 18.3 Å². The summed E-state index contributed by atoms with van der Waals surface area (Å²) in [6.45, 7) is 3.84. The molecule has 0 spiro atoms. The van der Waals surface area contributed by atoms with Gasteiger partial charge in [-0.1, -0.05) is 30.3 Å². The lowest BCUT2D eigenvalue weighted by atomic mass is 10.2. The molecule has 0 bridgehead atoms. The van der Waals surface area contributed by atoms with Gasteiger partial charge in [0.15, 0.2) is 17.3 Å². The molecule has 0 amide bonds. The third-order valence-corrected chi connectivity index (χ3v) is 4.24. The molecule has 1 N–H and O–H groups in total. The maximum atomic E-state index is 4.62. The fourth-order valence-corrected chi connectivity index (χ4v) is 2.69. The summed E-state index contributed by atoms with van der Waals surface area (Å²) in [4.78, 5) is 13.4. The molecule has 8 heteroatoms. The molecule has 4 rings (SSSR count). The molecule has 1 unspecified atom stereocenters. The fourth-order valence-electron chi connectivity index (χ4n) is 2.46. The number of fused-ring (bicyclic) bond motifs is 1. The van der Waals surface area contributed by atoms with Crippen LogP contribution in [0.5, 0.6) is 0 Å². The van der Waals surface area contributed by atoms with Crippen LogP contribution < -0.4 is 0 Å². The maximum Gasteiger partial charge on any atom is 0.181 e. The van der Waals surface area contributed by atoms with Crippen LogP contribution in [0.1, 0.15) is 28.3 Å². The maximum absolute atomic E-state index is 4.62. The zero-order valence-corrected chi connectivity index (χ0v) is 14.1. The van der Waals surface area contributed by atoms with Crippen molar-refractivity contribution < 1.29 is 0 Å². The van der Waals surface area contributed by atoms with E-state index in [0.717, 1.165) is 22.6 Å². The van der Waals surface area contributed by atoms with Gasteiger partial charge in [-0.25, -0.2) is 14.5 Å². The Hall–Kier alpha value is -2.74. The molecule has 3 aromatic heterocycles. The molecule has 0 saturated carbocycles. The lowest BCUT2D eigenvalue weighted by Gasteiger charge is -2.00. The first-order valence-corrected chi connectivity index (χ1v) is 8.00. The Labute approximate surface area is 143 Å². The van der Waals surface area contributed by atoms with Gasteiger partial charge in [0.25, 0.3) is 0 Å². The summed E-state index contributed by atoms with van der Waals surface area (Å²) in [7, 11) is 0. The number of thiol groups is 1. The van der Waals surface area contributed by atoms with Crippen molar-refractivity contribution in [1.82, 2.24) is 34.8 Å². The van der Waals surface area contributed by atoms with Crippen LogP contribution >= 0.6 is 12.6 Å². The van der Waals surface area contributed by atoms with Gasteiger partial charge in [-0.3, -0.25) is 10.1 Å². The molecule has 120 valence electrons. The molecule has 3 heterocycles. The van der Waals surface area contributed by atoms with Gasteiger partial charge in [0.2, 0.25) is 0 Å². The molecule has 7 nitrogen and oxygen atoms in total. The highest BCUT2D eigenvalue weighted by atomic mass is 32.1. The van der Waals surface area contributed by atoms with Crippen LogP contribution in [0.4, 0.5) is 0 Å². The molecule has 24 heavy (non-hydrogen) atoms. The number of H-pyrrole nitrogens is 1. The Morgan fingerprint density at radius 2 is 1.92 bits per heavy atom. The van der Waals surface area contributed by atoms with E-state index < -0.39 is 5.25 Å². The highest BCUT2D eigenvalue weighted by Crippen LogP contribution is 2.25. The second-order valence-electron chi connectivity index (χ2n) is 5.50. The molecular weight excluding hydrogens is 322 g/mol. The van der Waals surface area contributed by atoms with Crippen LogP contribution in [0, 0.1) is 13.8 Å². The average molecular weight is 337 g/mol. The van der Waals surface area contributed by atoms with Crippen LogP contribution in [0.2, 0.25) is 0 Å². The summed E-state index contributed by atoms with van der Waals surface area (Å²) < 4.78 is 1.77. The van der Waals surface area contributed by atoms with Gasteiger partial charge in [-0.05, 0) is 13.8 Å². The Morgan fingerprint density at radius 1 is 1.12 bits per heavy atom. The van der Waals surface area contributed by atoms with E-state index in [9.17, 15) is 0 Å². The second-order valence-corrected chi connectivity index (χ2v) is 6.02. The van der Waals surface area contributed by atoms with Crippen molar-refractivity contribution in [3.63, 3.8) is 0 Å². The van der Waals surface area contributed by atoms with Crippen LogP contribution in [0.15, 0.2) is 36.5 Å². The summed E-state index contributed by atoms with van der Waals surface area (Å²) in [6, 6.07) is 9.78. The number of aromatic nitrogens is 7. The lowest BCUT2D eigenvalue weighted by Crippen LogP contribution is -2.00.